The number of benzene rings is 3. The number of hydrogen-bond donors (Lipinski definition) is 1. The summed E-state index contributed by atoms with van der Waals surface area (Å²) in [5, 5.41) is 2.82. The van der Waals surface area contributed by atoms with Crippen LogP contribution < -0.4 is 10.1 Å². The van der Waals surface area contributed by atoms with Gasteiger partial charge < -0.3 is 10.1 Å². The van der Waals surface area contributed by atoms with E-state index in [-0.39, 0.29) is 24.8 Å². The van der Waals surface area contributed by atoms with Crippen LogP contribution in [0.3, 0.4) is 0 Å². The van der Waals surface area contributed by atoms with Crippen molar-refractivity contribution in [3.05, 3.63) is 101 Å². The summed E-state index contributed by atoms with van der Waals surface area (Å²) in [4.78, 5) is 27.1. The second kappa shape index (κ2) is 10.9. The summed E-state index contributed by atoms with van der Waals surface area (Å²) < 4.78 is 6.33. The number of carbonyl (C=O) groups is 2. The van der Waals surface area contributed by atoms with Crippen molar-refractivity contribution in [3.8, 4) is 5.75 Å². The highest BCUT2D eigenvalue weighted by atomic mass is 32.2. The van der Waals surface area contributed by atoms with Crippen LogP contribution in [0.25, 0.3) is 6.08 Å². The van der Waals surface area contributed by atoms with Gasteiger partial charge >= 0.3 is 0 Å². The van der Waals surface area contributed by atoms with E-state index < -0.39 is 0 Å². The summed E-state index contributed by atoms with van der Waals surface area (Å²) in [6.45, 7) is 0.707. The first-order chi connectivity index (χ1) is 16.1. The van der Waals surface area contributed by atoms with Crippen molar-refractivity contribution in [2.24, 2.45) is 0 Å². The third kappa shape index (κ3) is 6.31. The molecule has 5 nitrogen and oxygen atoms in total. The quantitative estimate of drug-likeness (QED) is 0.345. The number of rotatable bonds is 8. The van der Waals surface area contributed by atoms with Crippen LogP contribution in [0, 0.1) is 0 Å². The smallest absolute Gasteiger partial charge is 0.266 e. The fourth-order valence-corrected chi connectivity index (χ4v) is 4.55. The number of thioether (sulfide) groups is 1. The number of thiocarbonyl (C=S) groups is 1. The maximum atomic E-state index is 12.9. The first-order valence-electron chi connectivity index (χ1n) is 10.5. The molecule has 0 bridgehead atoms. The van der Waals surface area contributed by atoms with Gasteiger partial charge in [0.1, 0.15) is 16.7 Å². The van der Waals surface area contributed by atoms with E-state index in [0.717, 1.165) is 22.6 Å². The largest absolute Gasteiger partial charge is 0.489 e. The SMILES string of the molecule is O=C(CCN1C(=O)/C(=C/c2cccc(OCc3ccccc3)c2)SC1=S)Nc1ccccc1. The van der Waals surface area contributed by atoms with Gasteiger partial charge in [-0.25, -0.2) is 0 Å². The molecule has 3 aromatic rings. The van der Waals surface area contributed by atoms with Gasteiger partial charge in [0.25, 0.3) is 5.91 Å². The maximum Gasteiger partial charge on any atom is 0.266 e. The van der Waals surface area contributed by atoms with Crippen LogP contribution in [0.1, 0.15) is 17.5 Å². The van der Waals surface area contributed by atoms with Crippen molar-refractivity contribution in [1.29, 1.82) is 0 Å². The molecule has 0 aliphatic carbocycles. The Morgan fingerprint density at radius 3 is 2.48 bits per heavy atom. The predicted octanol–water partition coefficient (Wildman–Crippen LogP) is 5.50. The lowest BCUT2D eigenvalue weighted by molar-refractivity contribution is -0.122. The Hall–Kier alpha value is -3.42. The molecule has 1 N–H and O–H groups in total. The van der Waals surface area contributed by atoms with E-state index in [1.54, 1.807) is 6.08 Å². The average molecular weight is 475 g/mol. The molecule has 7 heteroatoms. The van der Waals surface area contributed by atoms with Crippen molar-refractivity contribution in [3.63, 3.8) is 0 Å². The molecule has 166 valence electrons. The van der Waals surface area contributed by atoms with Crippen molar-refractivity contribution < 1.29 is 14.3 Å². The third-order valence-electron chi connectivity index (χ3n) is 4.90. The maximum absolute atomic E-state index is 12.9. The molecule has 0 saturated carbocycles. The summed E-state index contributed by atoms with van der Waals surface area (Å²) in [6.07, 6.45) is 1.97. The van der Waals surface area contributed by atoms with Gasteiger partial charge in [-0.1, -0.05) is 84.6 Å². The van der Waals surface area contributed by atoms with Gasteiger partial charge in [0.15, 0.2) is 0 Å². The number of ether oxygens (including phenoxy) is 1. The number of anilines is 1. The average Bonchev–Trinajstić information content (AvgIpc) is 3.10. The fourth-order valence-electron chi connectivity index (χ4n) is 3.24. The molecular weight excluding hydrogens is 452 g/mol. The summed E-state index contributed by atoms with van der Waals surface area (Å²) >= 11 is 6.63. The Morgan fingerprint density at radius 2 is 1.73 bits per heavy atom. The van der Waals surface area contributed by atoms with E-state index in [1.807, 2.05) is 84.9 Å². The molecule has 1 saturated heterocycles. The second-order valence-electron chi connectivity index (χ2n) is 7.34. The van der Waals surface area contributed by atoms with Gasteiger partial charge in [0, 0.05) is 18.7 Å². The van der Waals surface area contributed by atoms with Gasteiger partial charge in [-0.3, -0.25) is 14.5 Å². The molecular formula is C26H22N2O3S2. The van der Waals surface area contributed by atoms with E-state index in [4.69, 9.17) is 17.0 Å². The van der Waals surface area contributed by atoms with Gasteiger partial charge in [-0.2, -0.15) is 0 Å². The van der Waals surface area contributed by atoms with E-state index in [0.29, 0.717) is 15.8 Å². The molecule has 0 unspecified atom stereocenters. The second-order valence-corrected chi connectivity index (χ2v) is 9.02. The minimum Gasteiger partial charge on any atom is -0.489 e. The Bertz CT molecular complexity index is 1180. The number of carbonyl (C=O) groups excluding carboxylic acids is 2. The van der Waals surface area contributed by atoms with E-state index in [2.05, 4.69) is 5.32 Å². The van der Waals surface area contributed by atoms with Crippen LogP contribution >= 0.6 is 24.0 Å². The number of nitrogens with one attached hydrogen (secondary N) is 1. The number of amides is 2. The lowest BCUT2D eigenvalue weighted by Gasteiger charge is -2.14. The van der Waals surface area contributed by atoms with Gasteiger partial charge in [0.05, 0.1) is 4.91 Å². The molecule has 0 atom stereocenters. The predicted molar refractivity (Wildman–Crippen MR) is 137 cm³/mol. The Kier molecular flexibility index (Phi) is 7.55. The molecule has 1 heterocycles. The van der Waals surface area contributed by atoms with Crippen LogP contribution in [0.5, 0.6) is 5.75 Å². The molecule has 0 spiro atoms. The zero-order chi connectivity index (χ0) is 23.0. The molecule has 1 aliphatic rings. The zero-order valence-electron chi connectivity index (χ0n) is 17.8. The monoisotopic (exact) mass is 474 g/mol. The van der Waals surface area contributed by atoms with E-state index >= 15 is 0 Å². The number of nitrogens with zero attached hydrogens (tertiary/aromatic N) is 1. The highest BCUT2D eigenvalue weighted by molar-refractivity contribution is 8.26. The molecule has 0 radical (unpaired) electrons. The topological polar surface area (TPSA) is 58.6 Å². The molecule has 1 fully saturated rings. The highest BCUT2D eigenvalue weighted by Crippen LogP contribution is 2.33. The summed E-state index contributed by atoms with van der Waals surface area (Å²) in [6, 6.07) is 26.7. The van der Waals surface area contributed by atoms with Crippen LogP contribution in [0.15, 0.2) is 89.8 Å². The number of hydrogen-bond acceptors (Lipinski definition) is 5. The van der Waals surface area contributed by atoms with Crippen molar-refractivity contribution >= 4 is 51.9 Å². The lowest BCUT2D eigenvalue weighted by atomic mass is 10.2. The first-order valence-corrected chi connectivity index (χ1v) is 11.7. The zero-order valence-corrected chi connectivity index (χ0v) is 19.4. The van der Waals surface area contributed by atoms with Crippen LogP contribution in [0.4, 0.5) is 5.69 Å². The van der Waals surface area contributed by atoms with Gasteiger partial charge in [0.2, 0.25) is 5.91 Å². The lowest BCUT2D eigenvalue weighted by Crippen LogP contribution is -2.31. The Morgan fingerprint density at radius 1 is 1.00 bits per heavy atom. The van der Waals surface area contributed by atoms with Crippen molar-refractivity contribution in [1.82, 2.24) is 4.90 Å². The Balaban J connectivity index is 1.35. The molecule has 0 aromatic heterocycles. The minimum absolute atomic E-state index is 0.164. The van der Waals surface area contributed by atoms with Crippen molar-refractivity contribution in [2.75, 3.05) is 11.9 Å². The first kappa shape index (κ1) is 22.8. The van der Waals surface area contributed by atoms with Crippen LogP contribution in [-0.4, -0.2) is 27.6 Å². The minimum atomic E-state index is -0.187. The standard InChI is InChI=1S/C26H22N2O3S2/c29-24(27-21-11-5-2-6-12-21)14-15-28-25(30)23(33-26(28)32)17-20-10-7-13-22(16-20)31-18-19-8-3-1-4-9-19/h1-13,16-17H,14-15,18H2,(H,27,29)/b23-17-. The summed E-state index contributed by atoms with van der Waals surface area (Å²) in [7, 11) is 0. The Labute approximate surface area is 202 Å². The molecule has 4 rings (SSSR count). The highest BCUT2D eigenvalue weighted by Gasteiger charge is 2.32. The van der Waals surface area contributed by atoms with Gasteiger partial charge in [-0.15, -0.1) is 0 Å². The normalized spacial score (nSPS) is 14.5. The van der Waals surface area contributed by atoms with Gasteiger partial charge in [-0.05, 0) is 41.5 Å². The number of para-hydroxylation sites is 1. The fraction of sp³-hybridized carbons (Fsp3) is 0.115. The van der Waals surface area contributed by atoms with Crippen LogP contribution in [-0.2, 0) is 16.2 Å². The molecule has 33 heavy (non-hydrogen) atoms. The van der Waals surface area contributed by atoms with Crippen molar-refractivity contribution in [2.45, 2.75) is 13.0 Å². The molecule has 2 amide bonds. The summed E-state index contributed by atoms with van der Waals surface area (Å²) in [5.74, 6) is 0.372. The molecule has 3 aromatic carbocycles. The third-order valence-corrected chi connectivity index (χ3v) is 6.28. The van der Waals surface area contributed by atoms with E-state index in [1.165, 1.54) is 16.7 Å². The van der Waals surface area contributed by atoms with Crippen LogP contribution in [0.2, 0.25) is 0 Å². The molecule has 1 aliphatic heterocycles. The summed E-state index contributed by atoms with van der Waals surface area (Å²) in [5.41, 5.74) is 2.66. The van der Waals surface area contributed by atoms with E-state index in [9.17, 15) is 9.59 Å².